The van der Waals surface area contributed by atoms with Gasteiger partial charge in [-0.25, -0.2) is 9.78 Å². The molecular weight excluding hydrogens is 408 g/mol. The molecule has 1 amide bonds. The zero-order valence-electron chi connectivity index (χ0n) is 20.2. The van der Waals surface area contributed by atoms with E-state index in [9.17, 15) is 19.8 Å². The molecule has 1 fully saturated rings. The van der Waals surface area contributed by atoms with Gasteiger partial charge in [0.2, 0.25) is 6.41 Å². The van der Waals surface area contributed by atoms with Crippen molar-refractivity contribution in [3.8, 4) is 0 Å². The van der Waals surface area contributed by atoms with Crippen LogP contribution >= 0.6 is 0 Å². The number of rotatable bonds is 16. The molecule has 1 aromatic rings. The third-order valence-corrected chi connectivity index (χ3v) is 5.83. The van der Waals surface area contributed by atoms with Crippen LogP contribution in [0.3, 0.4) is 0 Å². The molecule has 1 atom stereocenters. The fourth-order valence-corrected chi connectivity index (χ4v) is 3.58. The number of anilines is 1. The number of hydrogen-bond donors (Lipinski definition) is 4. The van der Waals surface area contributed by atoms with Crippen LogP contribution in [-0.2, 0) is 22.4 Å². The summed E-state index contributed by atoms with van der Waals surface area (Å²) in [7, 11) is 1.89. The van der Waals surface area contributed by atoms with Crippen molar-refractivity contribution in [1.29, 1.82) is 0 Å². The third-order valence-electron chi connectivity index (χ3n) is 5.83. The van der Waals surface area contributed by atoms with Crippen LogP contribution in [0.15, 0.2) is 12.1 Å². The fraction of sp³-hybridized carbons (Fsp3) is 0.708. The second-order valence-electron chi connectivity index (χ2n) is 8.15. The van der Waals surface area contributed by atoms with E-state index in [-0.39, 0.29) is 0 Å². The zero-order valence-corrected chi connectivity index (χ0v) is 20.2. The van der Waals surface area contributed by atoms with Crippen molar-refractivity contribution in [3.63, 3.8) is 0 Å². The molecule has 1 aliphatic rings. The number of aliphatic hydroxyl groups is 1. The molecule has 1 aromatic heterocycles. The first-order chi connectivity index (χ1) is 15.4. The van der Waals surface area contributed by atoms with E-state index >= 15 is 0 Å². The maximum absolute atomic E-state index is 11.3. The predicted octanol–water partition coefficient (Wildman–Crippen LogP) is 2.84. The smallest absolute Gasteiger partial charge is 0.326 e. The molecule has 8 heteroatoms. The van der Waals surface area contributed by atoms with Crippen molar-refractivity contribution in [2.24, 2.45) is 0 Å². The Morgan fingerprint density at radius 3 is 2.53 bits per heavy atom. The van der Waals surface area contributed by atoms with Crippen LogP contribution in [0.4, 0.5) is 5.82 Å². The van der Waals surface area contributed by atoms with Crippen molar-refractivity contribution >= 4 is 18.2 Å². The Morgan fingerprint density at radius 2 is 1.97 bits per heavy atom. The molecule has 0 spiro atoms. The molecule has 1 unspecified atom stereocenters. The number of unbranched alkanes of at least 4 members (excludes halogenated alkanes) is 1. The van der Waals surface area contributed by atoms with Gasteiger partial charge < -0.3 is 25.7 Å². The molecule has 0 saturated heterocycles. The van der Waals surface area contributed by atoms with Gasteiger partial charge >= 0.3 is 5.97 Å². The number of carbonyl (C=O) groups is 2. The first-order valence-electron chi connectivity index (χ1n) is 11.9. The number of hydrogen-bond acceptors (Lipinski definition) is 6. The lowest BCUT2D eigenvalue weighted by atomic mass is 10.1. The van der Waals surface area contributed by atoms with E-state index in [1.54, 1.807) is 0 Å². The van der Waals surface area contributed by atoms with Crippen LogP contribution in [0.1, 0.15) is 70.6 Å². The van der Waals surface area contributed by atoms with Crippen LogP contribution in [0.5, 0.6) is 0 Å². The minimum Gasteiger partial charge on any atom is -0.480 e. The molecule has 32 heavy (non-hydrogen) atoms. The largest absolute Gasteiger partial charge is 0.480 e. The topological polar surface area (TPSA) is 115 Å². The van der Waals surface area contributed by atoms with Crippen LogP contribution in [0.25, 0.3) is 0 Å². The first kappa shape index (κ1) is 27.8. The summed E-state index contributed by atoms with van der Waals surface area (Å²) in [6, 6.07) is 3.33. The van der Waals surface area contributed by atoms with Gasteiger partial charge in [0.15, 0.2) is 0 Å². The summed E-state index contributed by atoms with van der Waals surface area (Å²) in [6.45, 7) is 8.25. The molecule has 4 N–H and O–H groups in total. The maximum Gasteiger partial charge on any atom is 0.326 e. The maximum atomic E-state index is 11.3. The van der Waals surface area contributed by atoms with Crippen molar-refractivity contribution in [2.45, 2.75) is 83.8 Å². The Bertz CT molecular complexity index is 695. The van der Waals surface area contributed by atoms with Gasteiger partial charge in [0.25, 0.3) is 0 Å². The van der Waals surface area contributed by atoms with E-state index in [0.29, 0.717) is 25.8 Å². The van der Waals surface area contributed by atoms with Gasteiger partial charge in [-0.2, -0.15) is 0 Å². The van der Waals surface area contributed by atoms with Crippen molar-refractivity contribution in [2.75, 3.05) is 32.0 Å². The van der Waals surface area contributed by atoms with E-state index < -0.39 is 17.6 Å². The van der Waals surface area contributed by atoms with Gasteiger partial charge in [-0.15, -0.1) is 0 Å². The number of aromatic nitrogens is 1. The number of amides is 1. The minimum atomic E-state index is -1.02. The lowest BCUT2D eigenvalue weighted by Crippen LogP contribution is -2.40. The average Bonchev–Trinajstić information content (AvgIpc) is 3.55. The normalized spacial score (nSPS) is 14.8. The van der Waals surface area contributed by atoms with Gasteiger partial charge in [0, 0.05) is 25.8 Å². The Balaban J connectivity index is 0.00000249. The zero-order chi connectivity index (χ0) is 24.0. The standard InChI is InChI=1S/C22H36N4O4.C2H6/c1-3-17-7-8-18(25-20(17)23-2)6-4-5-13-26(15-12-22(30)10-11-22)14-9-19(21(28)29)24-16-27;1-2/h7-8,16,19,30H,3-6,9-15H2,1-2H3,(H,23,25)(H,24,27)(H,28,29);1-2H3. The Hall–Kier alpha value is -2.19. The number of carboxylic acid groups (broad SMARTS) is 1. The van der Waals surface area contributed by atoms with Crippen molar-refractivity contribution in [1.82, 2.24) is 15.2 Å². The molecular formula is C24H42N4O4. The number of aryl methyl sites for hydroxylation is 2. The van der Waals surface area contributed by atoms with E-state index in [2.05, 4.69) is 34.6 Å². The van der Waals surface area contributed by atoms with Crippen LogP contribution in [0.2, 0.25) is 0 Å². The monoisotopic (exact) mass is 450 g/mol. The van der Waals surface area contributed by atoms with Crippen LogP contribution < -0.4 is 10.6 Å². The number of pyridine rings is 1. The molecule has 0 aliphatic heterocycles. The SMILES string of the molecule is CC.CCc1ccc(CCCCN(CCC(NC=O)C(=O)O)CCC2(O)CC2)nc1NC. The molecule has 0 bridgehead atoms. The quantitative estimate of drug-likeness (QED) is 0.226. The second-order valence-corrected chi connectivity index (χ2v) is 8.15. The van der Waals surface area contributed by atoms with Crippen molar-refractivity contribution in [3.05, 3.63) is 23.4 Å². The number of aliphatic carboxylic acids is 1. The number of nitrogens with zero attached hydrogens (tertiary/aromatic N) is 2. The van der Waals surface area contributed by atoms with E-state index in [1.165, 1.54) is 5.56 Å². The van der Waals surface area contributed by atoms with Crippen LogP contribution in [0, 0.1) is 0 Å². The summed E-state index contributed by atoms with van der Waals surface area (Å²) in [5.41, 5.74) is 1.75. The Labute approximate surface area is 192 Å². The van der Waals surface area contributed by atoms with Gasteiger partial charge in [-0.3, -0.25) is 4.79 Å². The number of carbonyl (C=O) groups excluding carboxylic acids is 1. The van der Waals surface area contributed by atoms with E-state index in [0.717, 1.165) is 63.1 Å². The molecule has 0 aromatic carbocycles. The highest BCUT2D eigenvalue weighted by Crippen LogP contribution is 2.38. The van der Waals surface area contributed by atoms with Gasteiger partial charge in [-0.05, 0) is 69.5 Å². The summed E-state index contributed by atoms with van der Waals surface area (Å²) in [6.07, 6.45) is 6.96. The summed E-state index contributed by atoms with van der Waals surface area (Å²) in [5, 5.41) is 24.9. The molecule has 2 rings (SSSR count). The molecule has 1 aliphatic carbocycles. The fourth-order valence-electron chi connectivity index (χ4n) is 3.58. The predicted molar refractivity (Wildman–Crippen MR) is 128 cm³/mol. The Kier molecular flexibility index (Phi) is 12.9. The average molecular weight is 451 g/mol. The van der Waals surface area contributed by atoms with E-state index in [1.807, 2.05) is 20.9 Å². The lowest BCUT2D eigenvalue weighted by molar-refractivity contribution is -0.140. The molecule has 182 valence electrons. The summed E-state index contributed by atoms with van der Waals surface area (Å²) in [5.74, 6) is -0.0819. The van der Waals surface area contributed by atoms with Gasteiger partial charge in [-0.1, -0.05) is 26.8 Å². The summed E-state index contributed by atoms with van der Waals surface area (Å²) in [4.78, 5) is 28.8. The molecule has 1 heterocycles. The number of nitrogens with one attached hydrogen (secondary N) is 2. The van der Waals surface area contributed by atoms with Crippen molar-refractivity contribution < 1.29 is 19.8 Å². The molecule has 1 saturated carbocycles. The van der Waals surface area contributed by atoms with E-state index in [4.69, 9.17) is 4.98 Å². The third kappa shape index (κ3) is 9.96. The lowest BCUT2D eigenvalue weighted by Gasteiger charge is -2.25. The number of carboxylic acids is 1. The minimum absolute atomic E-state index is 0.345. The van der Waals surface area contributed by atoms with Gasteiger partial charge in [0.1, 0.15) is 11.9 Å². The summed E-state index contributed by atoms with van der Waals surface area (Å²) >= 11 is 0. The summed E-state index contributed by atoms with van der Waals surface area (Å²) < 4.78 is 0. The first-order valence-corrected chi connectivity index (χ1v) is 11.9. The highest BCUT2D eigenvalue weighted by atomic mass is 16.4. The molecule has 0 radical (unpaired) electrons. The van der Waals surface area contributed by atoms with Crippen LogP contribution in [-0.4, -0.2) is 70.8 Å². The van der Waals surface area contributed by atoms with Gasteiger partial charge in [0.05, 0.1) is 5.60 Å². The molecule has 8 nitrogen and oxygen atoms in total. The highest BCUT2D eigenvalue weighted by Gasteiger charge is 2.39. The highest BCUT2D eigenvalue weighted by molar-refractivity contribution is 5.76. The Morgan fingerprint density at radius 1 is 1.25 bits per heavy atom. The second kappa shape index (κ2) is 14.8.